The van der Waals surface area contributed by atoms with E-state index in [1.54, 1.807) is 18.3 Å². The normalized spacial score (nSPS) is 25.0. The number of aromatic nitrogens is 1. The Labute approximate surface area is 168 Å². The smallest absolute Gasteiger partial charge is 0.214 e. The van der Waals surface area contributed by atoms with Crippen LogP contribution in [0.1, 0.15) is 45.6 Å². The summed E-state index contributed by atoms with van der Waals surface area (Å²) in [6, 6.07) is 9.92. The van der Waals surface area contributed by atoms with Crippen molar-refractivity contribution < 1.29 is 13.7 Å². The summed E-state index contributed by atoms with van der Waals surface area (Å²) >= 11 is -1.34. The van der Waals surface area contributed by atoms with E-state index < -0.39 is 16.1 Å². The second-order valence-corrected chi connectivity index (χ2v) is 10.5. The molecule has 1 aromatic heterocycles. The molecule has 28 heavy (non-hydrogen) atoms. The van der Waals surface area contributed by atoms with Gasteiger partial charge in [-0.25, -0.2) is 9.37 Å². The van der Waals surface area contributed by atoms with Gasteiger partial charge in [-0.3, -0.25) is 0 Å². The summed E-state index contributed by atoms with van der Waals surface area (Å²) in [5, 5.41) is 0. The molecule has 0 saturated heterocycles. The molecule has 0 N–H and O–H groups in total. The summed E-state index contributed by atoms with van der Waals surface area (Å²) in [5.41, 5.74) is 2.26. The van der Waals surface area contributed by atoms with Crippen LogP contribution >= 0.6 is 0 Å². The van der Waals surface area contributed by atoms with Gasteiger partial charge in [0.1, 0.15) is 28.0 Å². The lowest BCUT2D eigenvalue weighted by Crippen LogP contribution is -2.25. The summed E-state index contributed by atoms with van der Waals surface area (Å²) < 4.78 is 35.5. The SMILES string of the molecule is CC(C)(C)[S+]([O-])/N=C\c1cc(O[C@H]2[C@@H]3CCC[C@@H]32)nc(-c2ccc(F)cc2)c1. The topological polar surface area (TPSA) is 57.5 Å². The highest BCUT2D eigenvalue weighted by Crippen LogP contribution is 2.53. The number of halogens is 1. The third kappa shape index (κ3) is 4.23. The van der Waals surface area contributed by atoms with E-state index in [1.807, 2.05) is 32.9 Å². The molecule has 0 aliphatic heterocycles. The molecule has 2 aliphatic rings. The predicted octanol–water partition coefficient (Wildman–Crippen LogP) is 4.95. The average Bonchev–Trinajstić information content (AvgIpc) is 3.07. The highest BCUT2D eigenvalue weighted by molar-refractivity contribution is 7.91. The lowest BCUT2D eigenvalue weighted by Gasteiger charge is -2.17. The highest BCUT2D eigenvalue weighted by Gasteiger charge is 2.55. The summed E-state index contributed by atoms with van der Waals surface area (Å²) in [6.45, 7) is 5.66. The molecule has 1 aromatic carbocycles. The fourth-order valence-corrected chi connectivity index (χ4v) is 4.30. The van der Waals surface area contributed by atoms with Crippen LogP contribution in [0.25, 0.3) is 11.3 Å². The lowest BCUT2D eigenvalue weighted by atomic mass is 10.1. The van der Waals surface area contributed by atoms with Crippen molar-refractivity contribution in [1.82, 2.24) is 4.98 Å². The minimum Gasteiger partial charge on any atom is -0.591 e. The van der Waals surface area contributed by atoms with Crippen LogP contribution in [-0.2, 0) is 11.4 Å². The van der Waals surface area contributed by atoms with E-state index in [2.05, 4.69) is 9.38 Å². The zero-order valence-corrected chi connectivity index (χ0v) is 17.2. The van der Waals surface area contributed by atoms with Crippen molar-refractivity contribution in [2.24, 2.45) is 16.2 Å². The molecule has 1 unspecified atom stereocenters. The fraction of sp³-hybridized carbons (Fsp3) is 0.455. The average molecular weight is 401 g/mol. The number of hydrogen-bond acceptors (Lipinski definition) is 4. The Morgan fingerprint density at radius 1 is 1.18 bits per heavy atom. The number of ether oxygens (including phenoxy) is 1. The van der Waals surface area contributed by atoms with E-state index in [4.69, 9.17) is 4.74 Å². The Morgan fingerprint density at radius 3 is 2.50 bits per heavy atom. The third-order valence-corrected chi connectivity index (χ3v) is 6.71. The van der Waals surface area contributed by atoms with Gasteiger partial charge in [0.25, 0.3) is 0 Å². The maximum absolute atomic E-state index is 13.3. The monoisotopic (exact) mass is 400 g/mol. The van der Waals surface area contributed by atoms with Gasteiger partial charge in [-0.2, -0.15) is 0 Å². The molecular formula is C22H25FN2O2S. The number of nitrogens with zero attached hydrogens (tertiary/aromatic N) is 2. The zero-order chi connectivity index (χ0) is 19.9. The maximum Gasteiger partial charge on any atom is 0.214 e. The summed E-state index contributed by atoms with van der Waals surface area (Å²) in [5.74, 6) is 1.57. The second kappa shape index (κ2) is 7.48. The molecule has 6 heteroatoms. The van der Waals surface area contributed by atoms with Crippen molar-refractivity contribution in [2.45, 2.75) is 50.9 Å². The minimum atomic E-state index is -1.34. The molecule has 2 saturated carbocycles. The minimum absolute atomic E-state index is 0.248. The number of pyridine rings is 1. The van der Waals surface area contributed by atoms with Gasteiger partial charge in [-0.05, 0) is 63.9 Å². The van der Waals surface area contributed by atoms with Crippen LogP contribution in [0.3, 0.4) is 0 Å². The Kier molecular flexibility index (Phi) is 5.19. The van der Waals surface area contributed by atoms with Gasteiger partial charge in [0, 0.05) is 29.0 Å². The van der Waals surface area contributed by atoms with E-state index in [0.717, 1.165) is 11.1 Å². The molecule has 0 amide bonds. The van der Waals surface area contributed by atoms with Crippen LogP contribution < -0.4 is 4.74 Å². The van der Waals surface area contributed by atoms with E-state index in [0.29, 0.717) is 23.4 Å². The van der Waals surface area contributed by atoms with Gasteiger partial charge < -0.3 is 9.29 Å². The van der Waals surface area contributed by atoms with Crippen LogP contribution in [-0.4, -0.2) is 26.6 Å². The number of benzene rings is 1. The summed E-state index contributed by atoms with van der Waals surface area (Å²) in [4.78, 5) is 4.63. The van der Waals surface area contributed by atoms with E-state index in [9.17, 15) is 8.94 Å². The molecule has 2 fully saturated rings. The Hall–Kier alpha value is -1.92. The van der Waals surface area contributed by atoms with E-state index >= 15 is 0 Å². The van der Waals surface area contributed by atoms with Crippen molar-refractivity contribution in [3.8, 4) is 17.1 Å². The molecule has 2 aliphatic carbocycles. The maximum atomic E-state index is 13.3. The van der Waals surface area contributed by atoms with E-state index in [-0.39, 0.29) is 11.9 Å². The van der Waals surface area contributed by atoms with Gasteiger partial charge in [-0.15, -0.1) is 0 Å². The van der Waals surface area contributed by atoms with Crippen molar-refractivity contribution in [1.29, 1.82) is 0 Å². The summed E-state index contributed by atoms with van der Waals surface area (Å²) in [7, 11) is 0. The molecule has 4 atom stereocenters. The third-order valence-electron chi connectivity index (χ3n) is 5.37. The van der Waals surface area contributed by atoms with Crippen LogP contribution in [0.15, 0.2) is 40.8 Å². The van der Waals surface area contributed by atoms with Crippen molar-refractivity contribution in [2.75, 3.05) is 0 Å². The van der Waals surface area contributed by atoms with Crippen LogP contribution in [0.5, 0.6) is 5.88 Å². The van der Waals surface area contributed by atoms with Crippen molar-refractivity contribution >= 4 is 17.6 Å². The van der Waals surface area contributed by atoms with Crippen LogP contribution in [0, 0.1) is 17.7 Å². The van der Waals surface area contributed by atoms with Crippen molar-refractivity contribution in [3.05, 3.63) is 47.8 Å². The largest absolute Gasteiger partial charge is 0.591 e. The number of hydrogen-bond donors (Lipinski definition) is 0. The quantitative estimate of drug-likeness (QED) is 0.527. The first-order valence-electron chi connectivity index (χ1n) is 9.72. The molecule has 2 aromatic rings. The van der Waals surface area contributed by atoms with Crippen LogP contribution in [0.2, 0.25) is 0 Å². The number of rotatable bonds is 5. The first-order valence-corrected chi connectivity index (χ1v) is 10.8. The molecule has 0 bridgehead atoms. The standard InChI is InChI=1S/C22H25FN2O2S/c1-22(2,3)28(26)24-13-14-11-19(15-7-9-16(23)10-8-15)25-20(12-14)27-21-17-5-4-6-18(17)21/h7-13,17-18,21H,4-6H2,1-3H3/b24-13-/t17-,18+,21+,28?. The molecule has 4 rings (SSSR count). The molecule has 1 heterocycles. The van der Waals surface area contributed by atoms with Crippen LogP contribution in [0.4, 0.5) is 4.39 Å². The first kappa shape index (κ1) is 19.4. The lowest BCUT2D eigenvalue weighted by molar-refractivity contribution is 0.249. The Bertz CT molecular complexity index is 869. The second-order valence-electron chi connectivity index (χ2n) is 8.57. The van der Waals surface area contributed by atoms with Gasteiger partial charge in [-0.1, -0.05) is 10.8 Å². The summed E-state index contributed by atoms with van der Waals surface area (Å²) in [6.07, 6.45) is 5.60. The molecule has 0 spiro atoms. The molecule has 148 valence electrons. The first-order chi connectivity index (χ1) is 13.3. The molecular weight excluding hydrogens is 375 g/mol. The number of fused-ring (bicyclic) bond motifs is 1. The van der Waals surface area contributed by atoms with Gasteiger partial charge in [0.2, 0.25) is 5.88 Å². The molecule has 4 nitrogen and oxygen atoms in total. The Morgan fingerprint density at radius 2 is 1.86 bits per heavy atom. The predicted molar refractivity (Wildman–Crippen MR) is 110 cm³/mol. The van der Waals surface area contributed by atoms with Gasteiger partial charge in [0.15, 0.2) is 0 Å². The van der Waals surface area contributed by atoms with E-state index in [1.165, 1.54) is 31.4 Å². The van der Waals surface area contributed by atoms with Gasteiger partial charge >= 0.3 is 0 Å². The zero-order valence-electron chi connectivity index (χ0n) is 16.4. The molecule has 0 radical (unpaired) electrons. The Balaban J connectivity index is 1.62. The van der Waals surface area contributed by atoms with Crippen molar-refractivity contribution in [3.63, 3.8) is 0 Å². The fourth-order valence-electron chi connectivity index (χ4n) is 3.77. The van der Waals surface area contributed by atoms with Gasteiger partial charge in [0.05, 0.1) is 11.9 Å². The highest BCUT2D eigenvalue weighted by atomic mass is 32.2.